The highest BCUT2D eigenvalue weighted by molar-refractivity contribution is 5.53. The molecule has 1 heteroatoms. The molecule has 0 saturated heterocycles. The van der Waals surface area contributed by atoms with E-state index in [9.17, 15) is 4.79 Å². The highest BCUT2D eigenvalue weighted by Crippen LogP contribution is 2.10. The minimum atomic E-state index is 0.236. The number of hydrogen-bond donors (Lipinski definition) is 0. The van der Waals surface area contributed by atoms with Crippen LogP contribution in [-0.2, 0) is 4.79 Å². The molecule has 0 aliphatic heterocycles. The largest absolute Gasteiger partial charge is 0.303 e. The van der Waals surface area contributed by atoms with Gasteiger partial charge in [0.1, 0.15) is 6.29 Å². The van der Waals surface area contributed by atoms with Crippen LogP contribution in [0.4, 0.5) is 0 Å². The quantitative estimate of drug-likeness (QED) is 0.512. The Balaban J connectivity index is 3.44. The van der Waals surface area contributed by atoms with Crippen LogP contribution in [0.15, 0.2) is 0 Å². The van der Waals surface area contributed by atoms with Crippen LogP contribution >= 0.6 is 0 Å². The third-order valence-electron chi connectivity index (χ3n) is 1.76. The molecule has 0 rings (SSSR count). The van der Waals surface area contributed by atoms with E-state index >= 15 is 0 Å². The van der Waals surface area contributed by atoms with E-state index in [0.29, 0.717) is 5.92 Å². The van der Waals surface area contributed by atoms with E-state index in [4.69, 9.17) is 0 Å². The van der Waals surface area contributed by atoms with E-state index in [1.807, 2.05) is 6.92 Å². The molecule has 0 amide bonds. The molecule has 0 unspecified atom stereocenters. The van der Waals surface area contributed by atoms with Gasteiger partial charge in [-0.25, -0.2) is 0 Å². The van der Waals surface area contributed by atoms with E-state index < -0.39 is 0 Å². The number of aldehydes is 1. The summed E-state index contributed by atoms with van der Waals surface area (Å²) in [5.74, 6) is 0.785. The number of rotatable bonds is 3. The van der Waals surface area contributed by atoms with Crippen LogP contribution in [-0.4, -0.2) is 6.29 Å². The number of carbonyl (C=O) groups excluding carboxylic acids is 1. The molecule has 0 aliphatic carbocycles. The summed E-state index contributed by atoms with van der Waals surface area (Å²) in [5.41, 5.74) is 0. The van der Waals surface area contributed by atoms with Gasteiger partial charge >= 0.3 is 0 Å². The summed E-state index contributed by atoms with van der Waals surface area (Å²) in [7, 11) is 0. The van der Waals surface area contributed by atoms with Crippen LogP contribution < -0.4 is 0 Å². The Morgan fingerprint density at radius 3 is 2.12 bits per heavy atom. The molecule has 0 heterocycles. The standard InChI is InChI=1S/C7H14O/c1-4-6(2)7(3)5-8/h5-7H,4H2,1-3H3/t6-,7-/m1/s1. The molecule has 0 aromatic rings. The van der Waals surface area contributed by atoms with Crippen LogP contribution in [0.5, 0.6) is 0 Å². The maximum atomic E-state index is 10.1. The maximum Gasteiger partial charge on any atom is 0.123 e. The molecule has 0 bridgehead atoms. The van der Waals surface area contributed by atoms with Crippen LogP contribution in [0.3, 0.4) is 0 Å². The fourth-order valence-electron chi connectivity index (χ4n) is 0.506. The summed E-state index contributed by atoms with van der Waals surface area (Å²) in [6.07, 6.45) is 2.12. The molecular formula is C7H14O. The summed E-state index contributed by atoms with van der Waals surface area (Å²) >= 11 is 0. The smallest absolute Gasteiger partial charge is 0.123 e. The van der Waals surface area contributed by atoms with E-state index in [2.05, 4.69) is 13.8 Å². The summed E-state index contributed by atoms with van der Waals surface area (Å²) in [6.45, 7) is 6.16. The Labute approximate surface area is 51.1 Å². The zero-order valence-electron chi connectivity index (χ0n) is 5.85. The van der Waals surface area contributed by atoms with E-state index in [1.165, 1.54) is 0 Å². The molecule has 0 fully saturated rings. The summed E-state index contributed by atoms with van der Waals surface area (Å²) in [4.78, 5) is 10.1. The normalized spacial score (nSPS) is 17.4. The van der Waals surface area contributed by atoms with Crippen molar-refractivity contribution >= 4 is 6.29 Å². The van der Waals surface area contributed by atoms with Gasteiger partial charge in [0.15, 0.2) is 0 Å². The van der Waals surface area contributed by atoms with Crippen molar-refractivity contribution in [3.05, 3.63) is 0 Å². The average molecular weight is 114 g/mol. The Morgan fingerprint density at radius 1 is 1.50 bits per heavy atom. The molecule has 0 saturated carbocycles. The molecule has 8 heavy (non-hydrogen) atoms. The lowest BCUT2D eigenvalue weighted by Gasteiger charge is -2.09. The van der Waals surface area contributed by atoms with Gasteiger partial charge < -0.3 is 4.79 Å². The molecule has 0 aliphatic rings. The molecule has 0 radical (unpaired) electrons. The average Bonchev–Trinajstić information content (AvgIpc) is 1.84. The first kappa shape index (κ1) is 7.67. The zero-order chi connectivity index (χ0) is 6.57. The topological polar surface area (TPSA) is 17.1 Å². The third kappa shape index (κ3) is 2.10. The van der Waals surface area contributed by atoms with Crippen molar-refractivity contribution in [2.75, 3.05) is 0 Å². The van der Waals surface area contributed by atoms with Gasteiger partial charge in [0.25, 0.3) is 0 Å². The lowest BCUT2D eigenvalue weighted by molar-refractivity contribution is -0.111. The highest BCUT2D eigenvalue weighted by Gasteiger charge is 2.06. The highest BCUT2D eigenvalue weighted by atomic mass is 16.1. The van der Waals surface area contributed by atoms with Gasteiger partial charge in [-0.2, -0.15) is 0 Å². The van der Waals surface area contributed by atoms with E-state index in [1.54, 1.807) is 0 Å². The molecule has 2 atom stereocenters. The third-order valence-corrected chi connectivity index (χ3v) is 1.76. The van der Waals surface area contributed by atoms with E-state index in [-0.39, 0.29) is 5.92 Å². The lowest BCUT2D eigenvalue weighted by atomic mass is 9.95. The second kappa shape index (κ2) is 3.65. The molecule has 0 N–H and O–H groups in total. The molecule has 1 nitrogen and oxygen atoms in total. The van der Waals surface area contributed by atoms with Crippen molar-refractivity contribution in [2.45, 2.75) is 27.2 Å². The van der Waals surface area contributed by atoms with Crippen molar-refractivity contribution in [3.63, 3.8) is 0 Å². The van der Waals surface area contributed by atoms with Crippen LogP contribution in [0.25, 0.3) is 0 Å². The van der Waals surface area contributed by atoms with Crippen molar-refractivity contribution < 1.29 is 4.79 Å². The van der Waals surface area contributed by atoms with Crippen LogP contribution in [0, 0.1) is 11.8 Å². The van der Waals surface area contributed by atoms with E-state index in [0.717, 1.165) is 12.7 Å². The Bertz CT molecular complexity index is 68.8. The van der Waals surface area contributed by atoms with Gasteiger partial charge in [-0.15, -0.1) is 0 Å². The Kier molecular flexibility index (Phi) is 3.49. The second-order valence-corrected chi connectivity index (χ2v) is 2.38. The molecular weight excluding hydrogens is 100 g/mol. The summed E-state index contributed by atoms with van der Waals surface area (Å²) in [5, 5.41) is 0. The Hall–Kier alpha value is -0.330. The molecule has 0 spiro atoms. The van der Waals surface area contributed by atoms with Gasteiger partial charge in [-0.1, -0.05) is 27.2 Å². The molecule has 0 aromatic carbocycles. The SMILES string of the molecule is CC[C@@H](C)[C@H](C)C=O. The first-order chi connectivity index (χ1) is 3.72. The number of hydrogen-bond acceptors (Lipinski definition) is 1. The zero-order valence-corrected chi connectivity index (χ0v) is 5.85. The first-order valence-corrected chi connectivity index (χ1v) is 3.17. The van der Waals surface area contributed by atoms with Gasteiger partial charge in [0.05, 0.1) is 0 Å². The second-order valence-electron chi connectivity index (χ2n) is 2.38. The molecule has 0 aromatic heterocycles. The van der Waals surface area contributed by atoms with Crippen molar-refractivity contribution in [1.29, 1.82) is 0 Å². The van der Waals surface area contributed by atoms with Gasteiger partial charge in [-0.05, 0) is 5.92 Å². The summed E-state index contributed by atoms with van der Waals surface area (Å²) in [6, 6.07) is 0. The first-order valence-electron chi connectivity index (χ1n) is 3.17. The van der Waals surface area contributed by atoms with Gasteiger partial charge in [-0.3, -0.25) is 0 Å². The maximum absolute atomic E-state index is 10.1. The van der Waals surface area contributed by atoms with Crippen molar-refractivity contribution in [3.8, 4) is 0 Å². The van der Waals surface area contributed by atoms with Crippen LogP contribution in [0.2, 0.25) is 0 Å². The Morgan fingerprint density at radius 2 is 2.00 bits per heavy atom. The number of carbonyl (C=O) groups is 1. The minimum Gasteiger partial charge on any atom is -0.303 e. The monoisotopic (exact) mass is 114 g/mol. The predicted octanol–water partition coefficient (Wildman–Crippen LogP) is 1.87. The van der Waals surface area contributed by atoms with Gasteiger partial charge in [0.2, 0.25) is 0 Å². The predicted molar refractivity (Wildman–Crippen MR) is 34.7 cm³/mol. The van der Waals surface area contributed by atoms with Crippen molar-refractivity contribution in [1.82, 2.24) is 0 Å². The summed E-state index contributed by atoms with van der Waals surface area (Å²) < 4.78 is 0. The van der Waals surface area contributed by atoms with Crippen molar-refractivity contribution in [2.24, 2.45) is 11.8 Å². The van der Waals surface area contributed by atoms with Crippen LogP contribution in [0.1, 0.15) is 27.2 Å². The fraction of sp³-hybridized carbons (Fsp3) is 0.857. The fourth-order valence-corrected chi connectivity index (χ4v) is 0.506. The molecule has 48 valence electrons. The minimum absolute atomic E-state index is 0.236. The lowest BCUT2D eigenvalue weighted by Crippen LogP contribution is -2.06. The van der Waals surface area contributed by atoms with Gasteiger partial charge in [0, 0.05) is 5.92 Å².